The van der Waals surface area contributed by atoms with Crippen molar-refractivity contribution in [2.45, 2.75) is 39.5 Å². The maximum Gasteiger partial charge on any atom is 0.129 e. The Morgan fingerprint density at radius 1 is 1.29 bits per heavy atom. The van der Waals surface area contributed by atoms with Gasteiger partial charge >= 0.3 is 0 Å². The van der Waals surface area contributed by atoms with Gasteiger partial charge in [-0.05, 0) is 12.3 Å². The normalized spacial score (nSPS) is 10.8. The van der Waals surface area contributed by atoms with Gasteiger partial charge in [0.2, 0.25) is 0 Å². The van der Waals surface area contributed by atoms with Crippen molar-refractivity contribution in [1.29, 1.82) is 0 Å². The van der Waals surface area contributed by atoms with Crippen LogP contribution in [0.25, 0.3) is 0 Å². The Kier molecular flexibility index (Phi) is 6.55. The highest BCUT2D eigenvalue weighted by Crippen LogP contribution is 2.13. The van der Waals surface area contributed by atoms with Crippen LogP contribution in [0.2, 0.25) is 0 Å². The highest BCUT2D eigenvalue weighted by Gasteiger charge is 2.02. The number of nitrogens with zero attached hydrogens (tertiary/aromatic N) is 2. The third kappa shape index (κ3) is 5.63. The molecule has 0 aliphatic rings. The number of ether oxygens (including phenoxy) is 1. The molecule has 0 aliphatic carbocycles. The molecule has 4 heteroatoms. The summed E-state index contributed by atoms with van der Waals surface area (Å²) >= 11 is 0. The van der Waals surface area contributed by atoms with Gasteiger partial charge in [0.05, 0.1) is 6.61 Å². The quantitative estimate of drug-likeness (QED) is 0.706. The van der Waals surface area contributed by atoms with Gasteiger partial charge < -0.3 is 10.1 Å². The number of hydrogen-bond acceptors (Lipinski definition) is 4. The summed E-state index contributed by atoms with van der Waals surface area (Å²) < 4.78 is 5.47. The van der Waals surface area contributed by atoms with E-state index in [0.29, 0.717) is 5.92 Å². The maximum absolute atomic E-state index is 5.47. The Balaban J connectivity index is 2.24. The van der Waals surface area contributed by atoms with Gasteiger partial charge in [0, 0.05) is 24.9 Å². The minimum Gasteiger partial charge on any atom is -0.380 e. The predicted molar refractivity (Wildman–Crippen MR) is 70.3 cm³/mol. The van der Waals surface area contributed by atoms with Crippen LogP contribution in [0, 0.1) is 0 Å². The second-order valence-corrected chi connectivity index (χ2v) is 4.38. The summed E-state index contributed by atoms with van der Waals surface area (Å²) in [6.45, 7) is 8.77. The number of aromatic nitrogens is 2. The first-order valence-corrected chi connectivity index (χ1v) is 6.37. The van der Waals surface area contributed by atoms with Gasteiger partial charge in [0.25, 0.3) is 0 Å². The lowest BCUT2D eigenvalue weighted by molar-refractivity contribution is 0.141. The van der Waals surface area contributed by atoms with E-state index in [2.05, 4.69) is 36.1 Å². The van der Waals surface area contributed by atoms with E-state index >= 15 is 0 Å². The van der Waals surface area contributed by atoms with Gasteiger partial charge in [0.15, 0.2) is 0 Å². The molecule has 96 valence electrons. The van der Waals surface area contributed by atoms with Crippen LogP contribution in [0.5, 0.6) is 0 Å². The van der Waals surface area contributed by atoms with Crippen LogP contribution in [0.3, 0.4) is 0 Å². The Labute approximate surface area is 104 Å². The van der Waals surface area contributed by atoms with Gasteiger partial charge in [-0.2, -0.15) is 0 Å². The molecular formula is C13H23N3O. The van der Waals surface area contributed by atoms with Crippen LogP contribution in [0.15, 0.2) is 12.4 Å². The molecule has 0 aliphatic heterocycles. The summed E-state index contributed by atoms with van der Waals surface area (Å²) in [5.41, 5.74) is 1.06. The van der Waals surface area contributed by atoms with Gasteiger partial charge in [0.1, 0.15) is 12.1 Å². The Morgan fingerprint density at radius 3 is 2.82 bits per heavy atom. The van der Waals surface area contributed by atoms with Gasteiger partial charge in [-0.3, -0.25) is 0 Å². The molecule has 1 aromatic heterocycles. The second-order valence-electron chi connectivity index (χ2n) is 4.38. The standard InChI is InChI=1S/C13H23N3O/c1-4-5-7-17-8-6-14-13-9-12(11(2)3)15-10-16-13/h9-11H,4-8H2,1-3H3,(H,14,15,16). The zero-order chi connectivity index (χ0) is 12.5. The van der Waals surface area contributed by atoms with Crippen LogP contribution >= 0.6 is 0 Å². The first-order valence-electron chi connectivity index (χ1n) is 6.37. The minimum absolute atomic E-state index is 0.430. The number of nitrogens with one attached hydrogen (secondary N) is 1. The fraction of sp³-hybridized carbons (Fsp3) is 0.692. The molecule has 1 aromatic rings. The first kappa shape index (κ1) is 13.9. The molecule has 0 bridgehead atoms. The molecule has 0 unspecified atom stereocenters. The van der Waals surface area contributed by atoms with E-state index in [0.717, 1.165) is 37.7 Å². The highest BCUT2D eigenvalue weighted by molar-refractivity contribution is 5.35. The van der Waals surface area contributed by atoms with Crippen LogP contribution in [0.1, 0.15) is 45.2 Å². The fourth-order valence-electron chi connectivity index (χ4n) is 1.38. The molecular weight excluding hydrogens is 214 g/mol. The third-order valence-corrected chi connectivity index (χ3v) is 2.47. The van der Waals surface area contributed by atoms with Crippen molar-refractivity contribution in [1.82, 2.24) is 9.97 Å². The maximum atomic E-state index is 5.47. The predicted octanol–water partition coefficient (Wildman–Crippen LogP) is 2.83. The number of unbranched alkanes of at least 4 members (excludes halogenated alkanes) is 1. The Hall–Kier alpha value is -1.16. The van der Waals surface area contributed by atoms with Crippen LogP contribution < -0.4 is 5.32 Å². The summed E-state index contributed by atoms with van der Waals surface area (Å²) in [5.74, 6) is 1.31. The molecule has 0 amide bonds. The molecule has 4 nitrogen and oxygen atoms in total. The third-order valence-electron chi connectivity index (χ3n) is 2.47. The van der Waals surface area contributed by atoms with E-state index in [1.807, 2.05) is 6.07 Å². The van der Waals surface area contributed by atoms with E-state index in [9.17, 15) is 0 Å². The van der Waals surface area contributed by atoms with Gasteiger partial charge in [-0.1, -0.05) is 27.2 Å². The number of anilines is 1. The van der Waals surface area contributed by atoms with E-state index < -0.39 is 0 Å². The average Bonchev–Trinajstić information content (AvgIpc) is 2.34. The monoisotopic (exact) mass is 237 g/mol. The SMILES string of the molecule is CCCCOCCNc1cc(C(C)C)ncn1. The van der Waals surface area contributed by atoms with Gasteiger partial charge in [-0.15, -0.1) is 0 Å². The zero-order valence-electron chi connectivity index (χ0n) is 11.1. The molecule has 1 N–H and O–H groups in total. The molecule has 1 heterocycles. The molecule has 0 spiro atoms. The summed E-state index contributed by atoms with van der Waals surface area (Å²) in [7, 11) is 0. The molecule has 0 aromatic carbocycles. The van der Waals surface area contributed by atoms with Crippen molar-refractivity contribution < 1.29 is 4.74 Å². The van der Waals surface area contributed by atoms with Crippen molar-refractivity contribution in [3.63, 3.8) is 0 Å². The zero-order valence-corrected chi connectivity index (χ0v) is 11.1. The summed E-state index contributed by atoms with van der Waals surface area (Å²) in [5, 5.41) is 3.24. The van der Waals surface area contributed by atoms with Crippen molar-refractivity contribution >= 4 is 5.82 Å². The van der Waals surface area contributed by atoms with Crippen molar-refractivity contribution in [3.8, 4) is 0 Å². The van der Waals surface area contributed by atoms with E-state index in [4.69, 9.17) is 4.74 Å². The van der Waals surface area contributed by atoms with Gasteiger partial charge in [-0.25, -0.2) is 9.97 Å². The van der Waals surface area contributed by atoms with E-state index in [1.54, 1.807) is 6.33 Å². The Bertz CT molecular complexity index is 315. The average molecular weight is 237 g/mol. The highest BCUT2D eigenvalue weighted by atomic mass is 16.5. The van der Waals surface area contributed by atoms with Crippen LogP contribution in [0.4, 0.5) is 5.82 Å². The smallest absolute Gasteiger partial charge is 0.129 e. The Morgan fingerprint density at radius 2 is 2.12 bits per heavy atom. The molecule has 0 saturated heterocycles. The second kappa shape index (κ2) is 8.01. The fourth-order valence-corrected chi connectivity index (χ4v) is 1.38. The number of hydrogen-bond donors (Lipinski definition) is 1. The molecule has 1 rings (SSSR count). The van der Waals surface area contributed by atoms with Crippen LogP contribution in [-0.4, -0.2) is 29.7 Å². The lowest BCUT2D eigenvalue weighted by Gasteiger charge is -2.08. The lowest BCUT2D eigenvalue weighted by atomic mass is 10.1. The van der Waals surface area contributed by atoms with Crippen LogP contribution in [-0.2, 0) is 4.74 Å². The topological polar surface area (TPSA) is 47.0 Å². The molecule has 17 heavy (non-hydrogen) atoms. The molecule has 0 radical (unpaired) electrons. The molecule has 0 fully saturated rings. The number of rotatable bonds is 8. The minimum atomic E-state index is 0.430. The molecule has 0 atom stereocenters. The molecule has 0 saturated carbocycles. The van der Waals surface area contributed by atoms with Crippen molar-refractivity contribution in [3.05, 3.63) is 18.1 Å². The lowest BCUT2D eigenvalue weighted by Crippen LogP contribution is -2.11. The summed E-state index contributed by atoms with van der Waals surface area (Å²) in [6, 6.07) is 2.00. The summed E-state index contributed by atoms with van der Waals surface area (Å²) in [6.07, 6.45) is 3.91. The van der Waals surface area contributed by atoms with Crippen molar-refractivity contribution in [2.24, 2.45) is 0 Å². The van der Waals surface area contributed by atoms with E-state index in [1.165, 1.54) is 6.42 Å². The largest absolute Gasteiger partial charge is 0.380 e. The van der Waals surface area contributed by atoms with E-state index in [-0.39, 0.29) is 0 Å². The van der Waals surface area contributed by atoms with Crippen molar-refractivity contribution in [2.75, 3.05) is 25.1 Å². The summed E-state index contributed by atoms with van der Waals surface area (Å²) in [4.78, 5) is 8.40. The first-order chi connectivity index (χ1) is 8.24.